The molecule has 9 heteroatoms. The van der Waals surface area contributed by atoms with Gasteiger partial charge in [-0.05, 0) is 42.8 Å². The topological polar surface area (TPSA) is 82.6 Å². The van der Waals surface area contributed by atoms with Gasteiger partial charge in [0, 0.05) is 38.4 Å². The van der Waals surface area contributed by atoms with Gasteiger partial charge in [0.25, 0.3) is 10.0 Å². The van der Waals surface area contributed by atoms with E-state index in [-0.39, 0.29) is 10.6 Å². The third kappa shape index (κ3) is 3.70. The molecule has 0 atom stereocenters. The second kappa shape index (κ2) is 8.82. The molecule has 0 bridgehead atoms. The lowest BCUT2D eigenvalue weighted by Crippen LogP contribution is -2.51. The number of aromatic hydroxyl groups is 1. The number of hydrogen-bond acceptors (Lipinski definition) is 7. The summed E-state index contributed by atoms with van der Waals surface area (Å²) in [6.45, 7) is 5.00. The predicted molar refractivity (Wildman–Crippen MR) is 123 cm³/mol. The third-order valence-electron chi connectivity index (χ3n) is 5.87. The number of sulfonamides is 1. The lowest BCUT2D eigenvalue weighted by Gasteiger charge is -2.43. The van der Waals surface area contributed by atoms with Crippen molar-refractivity contribution in [3.8, 4) is 11.5 Å². The van der Waals surface area contributed by atoms with Gasteiger partial charge in [0.05, 0.1) is 19.8 Å². The van der Waals surface area contributed by atoms with Crippen LogP contribution in [-0.4, -0.2) is 69.7 Å². The Morgan fingerprint density at radius 1 is 0.938 bits per heavy atom. The maximum absolute atomic E-state index is 13.6. The van der Waals surface area contributed by atoms with Crippen LogP contribution in [0.2, 0.25) is 0 Å². The van der Waals surface area contributed by atoms with E-state index in [0.29, 0.717) is 62.0 Å². The molecule has 8 nitrogen and oxygen atoms in total. The van der Waals surface area contributed by atoms with Gasteiger partial charge in [0.15, 0.2) is 11.6 Å². The van der Waals surface area contributed by atoms with Gasteiger partial charge in [-0.25, -0.2) is 12.7 Å². The molecule has 0 aromatic heterocycles. The van der Waals surface area contributed by atoms with E-state index in [9.17, 15) is 13.5 Å². The van der Waals surface area contributed by atoms with Crippen molar-refractivity contribution in [2.75, 3.05) is 51.8 Å². The Balaban J connectivity index is 1.74. The number of benzene rings is 2. The Morgan fingerprint density at radius 2 is 1.59 bits per heavy atom. The molecule has 0 amide bonds. The minimum atomic E-state index is -3.76. The van der Waals surface area contributed by atoms with Crippen LogP contribution in [0.1, 0.15) is 18.9 Å². The smallest absolute Gasteiger partial charge is 0.266 e. The summed E-state index contributed by atoms with van der Waals surface area (Å²) < 4.78 is 40.0. The minimum absolute atomic E-state index is 0.202. The van der Waals surface area contributed by atoms with Crippen LogP contribution in [0.25, 0.3) is 5.76 Å². The molecule has 32 heavy (non-hydrogen) atoms. The highest BCUT2D eigenvalue weighted by molar-refractivity contribution is 7.89. The van der Waals surface area contributed by atoms with Crippen LogP contribution in [-0.2, 0) is 14.8 Å². The van der Waals surface area contributed by atoms with Crippen molar-refractivity contribution < 1.29 is 23.0 Å². The number of methoxy groups -OCH3 is 2. The van der Waals surface area contributed by atoms with E-state index >= 15 is 0 Å². The van der Waals surface area contributed by atoms with Crippen LogP contribution in [0.15, 0.2) is 53.2 Å². The molecule has 0 radical (unpaired) electrons. The van der Waals surface area contributed by atoms with Crippen LogP contribution in [0.4, 0.5) is 5.69 Å². The predicted octanol–water partition coefficient (Wildman–Crippen LogP) is 2.91. The van der Waals surface area contributed by atoms with Gasteiger partial charge in [-0.1, -0.05) is 13.0 Å². The van der Waals surface area contributed by atoms with Gasteiger partial charge < -0.3 is 24.4 Å². The molecule has 0 spiro atoms. The largest absolute Gasteiger partial charge is 0.508 e. The van der Waals surface area contributed by atoms with Crippen molar-refractivity contribution in [1.29, 1.82) is 0 Å². The van der Waals surface area contributed by atoms with E-state index in [2.05, 4.69) is 9.80 Å². The van der Waals surface area contributed by atoms with Crippen molar-refractivity contribution in [3.63, 3.8) is 0 Å². The zero-order chi connectivity index (χ0) is 22.9. The summed E-state index contributed by atoms with van der Waals surface area (Å²) in [6, 6.07) is 12.2. The Bertz CT molecular complexity index is 1110. The Morgan fingerprint density at radius 3 is 2.19 bits per heavy atom. The first-order chi connectivity index (χ1) is 15.4. The van der Waals surface area contributed by atoms with Gasteiger partial charge in [-0.15, -0.1) is 0 Å². The number of hydrogen-bond donors (Lipinski definition) is 1. The summed E-state index contributed by atoms with van der Waals surface area (Å²) in [5.74, 6) is 1.78. The molecule has 0 saturated carbocycles. The summed E-state index contributed by atoms with van der Waals surface area (Å²) in [5.41, 5.74) is 1.50. The van der Waals surface area contributed by atoms with E-state index in [1.165, 1.54) is 11.4 Å². The van der Waals surface area contributed by atoms with E-state index in [1.807, 2.05) is 19.1 Å². The zero-order valence-corrected chi connectivity index (χ0v) is 19.4. The maximum atomic E-state index is 13.6. The zero-order valence-electron chi connectivity index (χ0n) is 18.6. The number of phenolic OH excluding ortho intramolecular Hbond substituents is 1. The standard InChI is InChI=1S/C23H29N3O5S/c1-4-12-26-23(25-15-13-24(14-16-25)17-8-10-18(27)11-9-17)22(31-3)21-19(30-2)6-5-7-20(21)32(26,28)29/h5-11,27H,4,12-16H2,1-3H3. The second-order valence-corrected chi connectivity index (χ2v) is 9.59. The highest BCUT2D eigenvalue weighted by atomic mass is 32.2. The average molecular weight is 460 g/mol. The molecule has 2 aromatic carbocycles. The van der Waals surface area contributed by atoms with Crippen molar-refractivity contribution in [1.82, 2.24) is 9.21 Å². The molecule has 0 unspecified atom stereocenters. The lowest BCUT2D eigenvalue weighted by molar-refractivity contribution is 0.234. The van der Waals surface area contributed by atoms with Crippen LogP contribution in [0, 0.1) is 0 Å². The molecule has 172 valence electrons. The maximum Gasteiger partial charge on any atom is 0.266 e. The van der Waals surface area contributed by atoms with Crippen LogP contribution < -0.4 is 9.64 Å². The van der Waals surface area contributed by atoms with Gasteiger partial charge in [0.2, 0.25) is 0 Å². The Hall–Kier alpha value is -3.07. The summed E-state index contributed by atoms with van der Waals surface area (Å²) in [4.78, 5) is 4.51. The number of nitrogens with zero attached hydrogens (tertiary/aromatic N) is 3. The molecule has 1 fully saturated rings. The number of rotatable bonds is 6. The fourth-order valence-corrected chi connectivity index (χ4v) is 6.13. The first kappa shape index (κ1) is 22.1. The highest BCUT2D eigenvalue weighted by Crippen LogP contribution is 2.43. The molecule has 2 heterocycles. The van der Waals surface area contributed by atoms with Crippen LogP contribution >= 0.6 is 0 Å². The first-order valence-electron chi connectivity index (χ1n) is 10.7. The summed E-state index contributed by atoms with van der Waals surface area (Å²) in [7, 11) is -0.656. The van der Waals surface area contributed by atoms with Gasteiger partial charge >= 0.3 is 0 Å². The SMILES string of the molecule is CCCN1C(N2CCN(c3ccc(O)cc3)CC2)=C(OC)c2c(OC)cccc2S1(=O)=O. The summed E-state index contributed by atoms with van der Waals surface area (Å²) >= 11 is 0. The first-order valence-corrected chi connectivity index (χ1v) is 12.1. The molecule has 4 rings (SSSR count). The molecular weight excluding hydrogens is 430 g/mol. The van der Waals surface area contributed by atoms with Gasteiger partial charge in [0.1, 0.15) is 16.4 Å². The van der Waals surface area contributed by atoms with Crippen molar-refractivity contribution in [2.24, 2.45) is 0 Å². The lowest BCUT2D eigenvalue weighted by atomic mass is 10.1. The number of phenols is 1. The van der Waals surface area contributed by atoms with Crippen molar-refractivity contribution in [2.45, 2.75) is 18.2 Å². The monoisotopic (exact) mass is 459 g/mol. The molecule has 2 aliphatic heterocycles. The molecule has 2 aliphatic rings. The highest BCUT2D eigenvalue weighted by Gasteiger charge is 2.41. The molecular formula is C23H29N3O5S. The fourth-order valence-electron chi connectivity index (χ4n) is 4.34. The summed E-state index contributed by atoms with van der Waals surface area (Å²) in [5, 5.41) is 9.56. The molecule has 0 aliphatic carbocycles. The van der Waals surface area contributed by atoms with Crippen LogP contribution in [0.3, 0.4) is 0 Å². The third-order valence-corrected chi connectivity index (χ3v) is 7.70. The van der Waals surface area contributed by atoms with Crippen molar-refractivity contribution >= 4 is 21.5 Å². The second-order valence-electron chi connectivity index (χ2n) is 7.76. The van der Waals surface area contributed by atoms with Gasteiger partial charge in [-0.3, -0.25) is 0 Å². The van der Waals surface area contributed by atoms with Gasteiger partial charge in [-0.2, -0.15) is 0 Å². The minimum Gasteiger partial charge on any atom is -0.508 e. The van der Waals surface area contributed by atoms with E-state index in [0.717, 1.165) is 5.69 Å². The Kier molecular flexibility index (Phi) is 6.10. The fraction of sp³-hybridized carbons (Fsp3) is 0.391. The van der Waals surface area contributed by atoms with E-state index in [4.69, 9.17) is 9.47 Å². The van der Waals surface area contributed by atoms with Crippen LogP contribution in [0.5, 0.6) is 11.5 Å². The quantitative estimate of drug-likeness (QED) is 0.711. The molecule has 2 aromatic rings. The summed E-state index contributed by atoms with van der Waals surface area (Å²) in [6.07, 6.45) is 0.673. The normalized spacial score (nSPS) is 17.9. The van der Waals surface area contributed by atoms with E-state index in [1.54, 1.807) is 37.4 Å². The molecule has 1 saturated heterocycles. The number of ether oxygens (including phenoxy) is 2. The number of anilines is 1. The number of piperazine rings is 1. The Labute approximate surface area is 189 Å². The van der Waals surface area contributed by atoms with E-state index < -0.39 is 10.0 Å². The average Bonchev–Trinajstić information content (AvgIpc) is 2.81. The van der Waals surface area contributed by atoms with Crippen molar-refractivity contribution in [3.05, 3.63) is 53.8 Å². The number of fused-ring (bicyclic) bond motifs is 1. The molecule has 1 N–H and O–H groups in total.